The number of aromatic amines is 1. The number of aryl methyl sites for hydroxylation is 1. The third-order valence-corrected chi connectivity index (χ3v) is 6.31. The van der Waals surface area contributed by atoms with Crippen molar-refractivity contribution in [2.75, 3.05) is 5.32 Å². The highest BCUT2D eigenvalue weighted by molar-refractivity contribution is 7.12. The molecule has 3 N–H and O–H groups in total. The Balaban J connectivity index is 0.00000181. The average molecular weight is 443 g/mol. The van der Waals surface area contributed by atoms with Crippen molar-refractivity contribution in [2.45, 2.75) is 44.7 Å². The zero-order chi connectivity index (χ0) is 21.6. The van der Waals surface area contributed by atoms with Crippen molar-refractivity contribution in [3.05, 3.63) is 50.9 Å². The lowest BCUT2D eigenvalue weighted by Crippen LogP contribution is -2.23. The Hall–Kier alpha value is -2.88. The van der Waals surface area contributed by atoms with E-state index < -0.39 is 28.8 Å². The summed E-state index contributed by atoms with van der Waals surface area (Å²) in [6.07, 6.45) is -0.385. The summed E-state index contributed by atoms with van der Waals surface area (Å²) in [6.45, 7) is 1.61. The van der Waals surface area contributed by atoms with Gasteiger partial charge in [0.1, 0.15) is 16.1 Å². The number of hydrogen-bond donors (Lipinski definition) is 3. The fourth-order valence-corrected chi connectivity index (χ4v) is 4.70. The second kappa shape index (κ2) is 7.42. The predicted octanol–water partition coefficient (Wildman–Crippen LogP) is 5.67. The number of benzene rings is 1. The number of pyridine rings is 1. The van der Waals surface area contributed by atoms with Crippen LogP contribution in [0.2, 0.25) is 0 Å². The lowest BCUT2D eigenvalue weighted by Gasteiger charge is -2.19. The number of carbonyl (C=O) groups excluding carboxylic acids is 1. The minimum atomic E-state index is -4.74. The number of amides is 1. The molecule has 0 aliphatic heterocycles. The number of anilines is 1. The van der Waals surface area contributed by atoms with Crippen molar-refractivity contribution in [3.8, 4) is 5.75 Å². The number of aromatic nitrogens is 2. The van der Waals surface area contributed by atoms with Crippen molar-refractivity contribution < 1.29 is 27.4 Å². The lowest BCUT2D eigenvalue weighted by atomic mass is 9.94. The summed E-state index contributed by atoms with van der Waals surface area (Å²) >= 11 is 1.05. The van der Waals surface area contributed by atoms with Crippen LogP contribution in [0, 0.1) is 6.92 Å². The lowest BCUT2D eigenvalue weighted by molar-refractivity contribution is -0.137. The molecule has 0 radical (unpaired) electrons. The van der Waals surface area contributed by atoms with Gasteiger partial charge in [-0.2, -0.15) is 17.5 Å². The van der Waals surface area contributed by atoms with Crippen molar-refractivity contribution in [2.24, 2.45) is 0 Å². The summed E-state index contributed by atoms with van der Waals surface area (Å²) < 4.78 is 45.1. The summed E-state index contributed by atoms with van der Waals surface area (Å²) in [5, 5.41) is 12.7. The molecule has 0 unspecified atom stereocenters. The van der Waals surface area contributed by atoms with Crippen LogP contribution in [0.25, 0.3) is 10.2 Å². The molecule has 0 saturated heterocycles. The van der Waals surface area contributed by atoms with Gasteiger partial charge in [-0.1, -0.05) is 12.8 Å². The number of rotatable bonds is 3. The summed E-state index contributed by atoms with van der Waals surface area (Å²) in [5.74, 6) is -1.44. The maximum atomic E-state index is 13.7. The zero-order valence-corrected chi connectivity index (χ0v) is 16.7. The fourth-order valence-electron chi connectivity index (χ4n) is 3.94. The maximum Gasteiger partial charge on any atom is 0.418 e. The molecule has 164 valence electrons. The van der Waals surface area contributed by atoms with E-state index in [1.165, 1.54) is 0 Å². The third kappa shape index (κ3) is 3.55. The molecule has 1 fully saturated rings. The molecule has 1 amide bonds. The van der Waals surface area contributed by atoms with Gasteiger partial charge in [0.05, 0.1) is 22.3 Å². The molecule has 0 bridgehead atoms. The number of nitrogens with one attached hydrogen (secondary N) is 2. The highest BCUT2D eigenvalue weighted by atomic mass is 32.1. The van der Waals surface area contributed by atoms with E-state index in [0.717, 1.165) is 42.7 Å². The van der Waals surface area contributed by atoms with Gasteiger partial charge in [0.25, 0.3) is 5.91 Å². The minimum Gasteiger partial charge on any atom is -0.508 e. The number of alkyl halides is 3. The number of hydrogen-bond acceptors (Lipinski definition) is 5. The van der Waals surface area contributed by atoms with Gasteiger partial charge in [0.2, 0.25) is 5.43 Å². The number of nitrogens with zero attached hydrogens (tertiary/aromatic N) is 1. The Morgan fingerprint density at radius 3 is 2.70 bits per heavy atom. The van der Waals surface area contributed by atoms with E-state index in [9.17, 15) is 27.9 Å². The van der Waals surface area contributed by atoms with Crippen LogP contribution in [0.1, 0.15) is 63.1 Å². The predicted molar refractivity (Wildman–Crippen MR) is 114 cm³/mol. The Morgan fingerprint density at radius 2 is 2.03 bits per heavy atom. The van der Waals surface area contributed by atoms with Crippen molar-refractivity contribution in [1.29, 1.82) is 0 Å². The average Bonchev–Trinajstić information content (AvgIpc) is 3.31. The monoisotopic (exact) mass is 443 g/mol. The van der Waals surface area contributed by atoms with Gasteiger partial charge in [0, 0.05) is 16.5 Å². The van der Waals surface area contributed by atoms with E-state index in [1.807, 2.05) is 0 Å². The van der Waals surface area contributed by atoms with Crippen LogP contribution in [0.15, 0.2) is 23.1 Å². The highest BCUT2D eigenvalue weighted by Crippen LogP contribution is 2.44. The molecule has 1 aliphatic carbocycles. The number of phenolic OH excluding ortho intramolecular Hbond substituents is 1. The Morgan fingerprint density at radius 1 is 1.33 bits per heavy atom. The number of phenols is 1. The third-order valence-electron chi connectivity index (χ3n) is 5.44. The van der Waals surface area contributed by atoms with Gasteiger partial charge < -0.3 is 15.4 Å². The van der Waals surface area contributed by atoms with Gasteiger partial charge >= 0.3 is 6.18 Å². The van der Waals surface area contributed by atoms with E-state index in [0.29, 0.717) is 23.4 Å². The first-order chi connectivity index (χ1) is 14.2. The quantitative estimate of drug-likeness (QED) is 0.486. The normalized spacial score (nSPS) is 15.1. The number of H-pyrrole nitrogens is 1. The fraction of sp³-hybridized carbons (Fsp3) is 0.350. The van der Waals surface area contributed by atoms with E-state index in [4.69, 9.17) is 0 Å². The molecular weight excluding hydrogens is 419 g/mol. The van der Waals surface area contributed by atoms with Crippen molar-refractivity contribution in [1.82, 2.24) is 9.36 Å². The van der Waals surface area contributed by atoms with E-state index >= 15 is 0 Å². The van der Waals surface area contributed by atoms with Crippen LogP contribution in [0.5, 0.6) is 5.75 Å². The van der Waals surface area contributed by atoms with E-state index in [2.05, 4.69) is 14.7 Å². The van der Waals surface area contributed by atoms with Gasteiger partial charge in [0.15, 0.2) is 0 Å². The molecule has 30 heavy (non-hydrogen) atoms. The van der Waals surface area contributed by atoms with Crippen molar-refractivity contribution >= 4 is 33.3 Å². The van der Waals surface area contributed by atoms with Gasteiger partial charge in [-0.3, -0.25) is 9.59 Å². The molecule has 10 heteroatoms. The van der Waals surface area contributed by atoms with Crippen molar-refractivity contribution in [3.63, 3.8) is 0 Å². The van der Waals surface area contributed by atoms with Gasteiger partial charge in [-0.15, -0.1) is 0 Å². The second-order valence-electron chi connectivity index (χ2n) is 7.39. The second-order valence-corrected chi connectivity index (χ2v) is 8.17. The molecule has 0 atom stereocenters. The first-order valence-corrected chi connectivity index (χ1v) is 10.2. The molecular formula is C20H24F3N3O3S. The van der Waals surface area contributed by atoms with Crippen LogP contribution in [0.3, 0.4) is 0 Å². The largest absolute Gasteiger partial charge is 0.508 e. The molecule has 1 saturated carbocycles. The molecule has 1 aliphatic rings. The summed E-state index contributed by atoms with van der Waals surface area (Å²) in [7, 11) is 0. The summed E-state index contributed by atoms with van der Waals surface area (Å²) in [4.78, 5) is 28.5. The number of fused-ring (bicyclic) bond motifs is 1. The highest BCUT2D eigenvalue weighted by Gasteiger charge is 2.36. The molecule has 3 aromatic rings. The van der Waals surface area contributed by atoms with E-state index in [-0.39, 0.29) is 32.5 Å². The SMILES string of the molecule is Cc1nsc2[nH]cc(C(=O)Nc3cc(O)c(C4CCCC4)cc3C(F)(F)F)c(=O)c12.[HH].[HH].[HH]. The minimum absolute atomic E-state index is 0. The molecule has 4 rings (SSSR count). The molecule has 1 aromatic carbocycles. The molecule has 0 spiro atoms. The first-order valence-electron chi connectivity index (χ1n) is 9.40. The van der Waals surface area contributed by atoms with Crippen LogP contribution >= 0.6 is 11.5 Å². The smallest absolute Gasteiger partial charge is 0.418 e. The summed E-state index contributed by atoms with van der Waals surface area (Å²) in [5.41, 5.74) is -1.93. The Kier molecular flexibility index (Phi) is 5.05. The Bertz CT molecular complexity index is 1210. The molecule has 2 aromatic heterocycles. The molecule has 6 nitrogen and oxygen atoms in total. The standard InChI is InChI=1S/C20H18F3N3O3S.3H2/c1-9-16-17(28)12(8-24-19(16)30-26-9)18(29)25-14-7-15(27)11(10-4-2-3-5-10)6-13(14)20(21,22)23;;;/h6-8,10,27H,2-5H2,1H3,(H,24,28)(H,25,29);3*1H. The first kappa shape index (κ1) is 20.4. The van der Waals surface area contributed by atoms with Crippen LogP contribution in [-0.2, 0) is 6.18 Å². The summed E-state index contributed by atoms with van der Waals surface area (Å²) in [6, 6.07) is 1.82. The maximum absolute atomic E-state index is 13.7. The van der Waals surface area contributed by atoms with Gasteiger partial charge in [-0.25, -0.2) is 0 Å². The Labute approximate surface area is 177 Å². The number of aromatic hydroxyl groups is 1. The number of carbonyl (C=O) groups is 1. The van der Waals surface area contributed by atoms with Crippen LogP contribution in [-0.4, -0.2) is 20.4 Å². The topological polar surface area (TPSA) is 95.1 Å². The van der Waals surface area contributed by atoms with E-state index in [1.54, 1.807) is 6.92 Å². The molecule has 2 heterocycles. The van der Waals surface area contributed by atoms with Crippen LogP contribution < -0.4 is 10.7 Å². The number of halogens is 3. The zero-order valence-electron chi connectivity index (χ0n) is 15.9. The van der Waals surface area contributed by atoms with Crippen LogP contribution in [0.4, 0.5) is 18.9 Å². The van der Waals surface area contributed by atoms with Gasteiger partial charge in [-0.05, 0) is 48.8 Å².